The van der Waals surface area contributed by atoms with Gasteiger partial charge in [-0.05, 0) is 30.4 Å². The average molecular weight is 385 g/mol. The van der Waals surface area contributed by atoms with E-state index in [9.17, 15) is 27.2 Å². The normalized spacial score (nSPS) is 15.8. The van der Waals surface area contributed by atoms with Gasteiger partial charge in [-0.1, -0.05) is 18.2 Å². The number of hydrogen-bond donors (Lipinski definition) is 1. The highest BCUT2D eigenvalue weighted by Crippen LogP contribution is 2.37. The molecule has 1 N–H and O–H groups in total. The Balaban J connectivity index is 1.90. The first-order chi connectivity index (χ1) is 12.7. The minimum Gasteiger partial charge on any atom is -0.463 e. The number of anilines is 1. The Labute approximate surface area is 150 Å². The summed E-state index contributed by atoms with van der Waals surface area (Å²) in [6.45, 7) is 0.306. The molecule has 1 saturated heterocycles. The predicted molar refractivity (Wildman–Crippen MR) is 87.5 cm³/mol. The Kier molecular flexibility index (Phi) is 4.90. The van der Waals surface area contributed by atoms with Crippen molar-refractivity contribution in [1.82, 2.24) is 9.78 Å². The van der Waals surface area contributed by atoms with E-state index >= 15 is 0 Å². The fraction of sp³-hybridized carbons (Fsp3) is 0.353. The van der Waals surface area contributed by atoms with Crippen LogP contribution in [0.5, 0.6) is 0 Å². The zero-order valence-electron chi connectivity index (χ0n) is 13.9. The van der Waals surface area contributed by atoms with Crippen LogP contribution in [0.4, 0.5) is 28.0 Å². The van der Waals surface area contributed by atoms with Gasteiger partial charge < -0.3 is 10.0 Å². The second kappa shape index (κ2) is 7.01. The first-order valence-electron chi connectivity index (χ1n) is 8.12. The topological polar surface area (TPSA) is 75.4 Å². The van der Waals surface area contributed by atoms with Gasteiger partial charge in [0, 0.05) is 13.1 Å². The highest BCUT2D eigenvalue weighted by Gasteiger charge is 2.40. The van der Waals surface area contributed by atoms with Crippen LogP contribution >= 0.6 is 0 Å². The van der Waals surface area contributed by atoms with Crippen molar-refractivity contribution in [3.63, 3.8) is 0 Å². The number of halogens is 4. The van der Waals surface area contributed by atoms with Crippen LogP contribution in [0.15, 0.2) is 35.3 Å². The highest BCUT2D eigenvalue weighted by atomic mass is 19.4. The third kappa shape index (κ3) is 3.64. The lowest BCUT2D eigenvalue weighted by atomic mass is 9.89. The van der Waals surface area contributed by atoms with Gasteiger partial charge in [0.2, 0.25) is 0 Å². The van der Waals surface area contributed by atoms with Crippen LogP contribution in [0.2, 0.25) is 0 Å². The van der Waals surface area contributed by atoms with Gasteiger partial charge in [0.15, 0.2) is 0 Å². The maximum atomic E-state index is 13.9. The van der Waals surface area contributed by atoms with Crippen molar-refractivity contribution in [2.24, 2.45) is 0 Å². The van der Waals surface area contributed by atoms with Crippen LogP contribution in [0.1, 0.15) is 29.9 Å². The number of aromatic nitrogens is 2. The molecule has 0 amide bonds. The van der Waals surface area contributed by atoms with E-state index in [1.807, 2.05) is 0 Å². The lowest BCUT2D eigenvalue weighted by Gasteiger charge is -2.34. The lowest BCUT2D eigenvalue weighted by Crippen LogP contribution is -2.40. The van der Waals surface area contributed by atoms with E-state index in [2.05, 4.69) is 5.10 Å². The molecule has 2 aromatic rings. The van der Waals surface area contributed by atoms with Crippen molar-refractivity contribution in [1.29, 1.82) is 0 Å². The lowest BCUT2D eigenvalue weighted by molar-refractivity contribution is -0.138. The van der Waals surface area contributed by atoms with E-state index in [4.69, 9.17) is 5.11 Å². The summed E-state index contributed by atoms with van der Waals surface area (Å²) >= 11 is 0. The number of nitrogens with zero attached hydrogens (tertiary/aromatic N) is 3. The number of alkyl halides is 3. The van der Waals surface area contributed by atoms with E-state index < -0.39 is 29.1 Å². The molecule has 0 saturated carbocycles. The largest absolute Gasteiger partial charge is 0.463 e. The molecular formula is C17H15F4N3O3. The number of rotatable bonds is 2. The molecule has 0 bridgehead atoms. The zero-order chi connectivity index (χ0) is 19.8. The first kappa shape index (κ1) is 18.9. The van der Waals surface area contributed by atoms with Gasteiger partial charge in [0.1, 0.15) is 11.4 Å². The highest BCUT2D eigenvalue weighted by molar-refractivity contribution is 5.67. The van der Waals surface area contributed by atoms with E-state index in [1.165, 1.54) is 11.0 Å². The second-order valence-corrected chi connectivity index (χ2v) is 6.18. The van der Waals surface area contributed by atoms with E-state index in [0.29, 0.717) is 18.4 Å². The minimum atomic E-state index is -5.03. The zero-order valence-corrected chi connectivity index (χ0v) is 13.9. The average Bonchev–Trinajstić information content (AvgIpc) is 2.60. The monoisotopic (exact) mass is 385 g/mol. The molecule has 1 fully saturated rings. The summed E-state index contributed by atoms with van der Waals surface area (Å²) in [6.07, 6.45) is -5.41. The van der Waals surface area contributed by atoms with Crippen LogP contribution in [0, 0.1) is 5.82 Å². The summed E-state index contributed by atoms with van der Waals surface area (Å²) < 4.78 is 53.9. The van der Waals surface area contributed by atoms with Crippen LogP contribution in [0.3, 0.4) is 0 Å². The van der Waals surface area contributed by atoms with Gasteiger partial charge in [-0.25, -0.2) is 9.18 Å². The Morgan fingerprint density at radius 1 is 1.19 bits per heavy atom. The van der Waals surface area contributed by atoms with Crippen molar-refractivity contribution < 1.29 is 27.5 Å². The van der Waals surface area contributed by atoms with Crippen LogP contribution in [-0.2, 0) is 6.18 Å². The molecule has 0 spiro atoms. The van der Waals surface area contributed by atoms with Crippen LogP contribution < -0.4 is 10.5 Å². The summed E-state index contributed by atoms with van der Waals surface area (Å²) in [4.78, 5) is 24.2. The number of piperidine rings is 1. The smallest absolute Gasteiger partial charge is 0.435 e. The van der Waals surface area contributed by atoms with E-state index in [1.54, 1.807) is 18.2 Å². The third-order valence-electron chi connectivity index (χ3n) is 4.60. The quantitative estimate of drug-likeness (QED) is 0.803. The van der Waals surface area contributed by atoms with Gasteiger partial charge in [-0.2, -0.15) is 18.3 Å². The minimum absolute atomic E-state index is 0.149. The standard InChI is InChI=1S/C17H15F4N3O3/c18-12-4-2-1-3-11(12)10-5-7-23(8-6-10)13-9-22-24(16(26)27)15(25)14(13)17(19,20)21/h1-4,9-10H,5-8H2,(H,26,27). The first-order valence-corrected chi connectivity index (χ1v) is 8.12. The van der Waals surface area contributed by atoms with Crippen LogP contribution in [0.25, 0.3) is 0 Å². The fourth-order valence-electron chi connectivity index (χ4n) is 3.32. The molecule has 2 heterocycles. The van der Waals surface area contributed by atoms with Crippen molar-refractivity contribution in [2.75, 3.05) is 18.0 Å². The number of carbonyl (C=O) groups is 1. The van der Waals surface area contributed by atoms with Gasteiger partial charge in [-0.3, -0.25) is 4.79 Å². The van der Waals surface area contributed by atoms with E-state index in [0.717, 1.165) is 6.20 Å². The molecular weight excluding hydrogens is 370 g/mol. The molecule has 10 heteroatoms. The van der Waals surface area contributed by atoms with Crippen molar-refractivity contribution in [2.45, 2.75) is 24.9 Å². The molecule has 0 atom stereocenters. The number of benzene rings is 1. The number of carboxylic acid groups (broad SMARTS) is 1. The Bertz CT molecular complexity index is 918. The number of hydrogen-bond acceptors (Lipinski definition) is 4. The summed E-state index contributed by atoms with van der Waals surface area (Å²) in [7, 11) is 0. The molecule has 3 rings (SSSR count). The Hall–Kier alpha value is -2.91. The van der Waals surface area contributed by atoms with E-state index in [-0.39, 0.29) is 29.5 Å². The summed E-state index contributed by atoms with van der Waals surface area (Å²) in [5.74, 6) is -0.512. The van der Waals surface area contributed by atoms with Gasteiger partial charge in [-0.15, -0.1) is 4.68 Å². The molecule has 0 unspecified atom stereocenters. The fourth-order valence-corrected chi connectivity index (χ4v) is 3.32. The van der Waals surface area contributed by atoms with Crippen molar-refractivity contribution in [3.8, 4) is 0 Å². The Morgan fingerprint density at radius 2 is 1.81 bits per heavy atom. The molecule has 1 aromatic carbocycles. The second-order valence-electron chi connectivity index (χ2n) is 6.18. The summed E-state index contributed by atoms with van der Waals surface area (Å²) in [5, 5.41) is 12.1. The van der Waals surface area contributed by atoms with Gasteiger partial charge in [0.25, 0.3) is 5.56 Å². The van der Waals surface area contributed by atoms with Crippen LogP contribution in [-0.4, -0.2) is 34.1 Å². The molecule has 1 aliphatic rings. The van der Waals surface area contributed by atoms with Crippen molar-refractivity contribution >= 4 is 11.8 Å². The SMILES string of the molecule is O=C(O)n1ncc(N2CCC(c3ccccc3F)CC2)c(C(F)(F)F)c1=O. The maximum Gasteiger partial charge on any atom is 0.435 e. The molecule has 6 nitrogen and oxygen atoms in total. The molecule has 0 radical (unpaired) electrons. The summed E-state index contributed by atoms with van der Waals surface area (Å²) in [6, 6.07) is 6.24. The van der Waals surface area contributed by atoms with Gasteiger partial charge >= 0.3 is 12.3 Å². The third-order valence-corrected chi connectivity index (χ3v) is 4.60. The predicted octanol–water partition coefficient (Wildman–Crippen LogP) is 3.31. The molecule has 27 heavy (non-hydrogen) atoms. The maximum absolute atomic E-state index is 13.9. The molecule has 1 aliphatic heterocycles. The van der Waals surface area contributed by atoms with Crippen molar-refractivity contribution in [3.05, 3.63) is 57.8 Å². The Morgan fingerprint density at radius 3 is 2.37 bits per heavy atom. The van der Waals surface area contributed by atoms with Gasteiger partial charge in [0.05, 0.1) is 11.9 Å². The molecule has 144 valence electrons. The molecule has 0 aliphatic carbocycles. The summed E-state index contributed by atoms with van der Waals surface area (Å²) in [5.41, 5.74) is -3.25. The molecule has 1 aromatic heterocycles.